The number of nitro groups is 1. The highest BCUT2D eigenvalue weighted by atomic mass is 19.1. The van der Waals surface area contributed by atoms with Crippen LogP contribution in [0.1, 0.15) is 46.3 Å². The monoisotopic (exact) mass is 347 g/mol. The van der Waals surface area contributed by atoms with Crippen molar-refractivity contribution in [3.05, 3.63) is 50.8 Å². The van der Waals surface area contributed by atoms with Crippen molar-refractivity contribution in [1.82, 2.24) is 19.7 Å². The maximum absolute atomic E-state index is 13.7. The second kappa shape index (κ2) is 6.23. The van der Waals surface area contributed by atoms with Gasteiger partial charge in [-0.25, -0.2) is 4.39 Å². The molecule has 1 aliphatic rings. The first-order chi connectivity index (χ1) is 11.8. The molecule has 2 aromatic rings. The Morgan fingerprint density at radius 3 is 2.72 bits per heavy atom. The van der Waals surface area contributed by atoms with Gasteiger partial charge in [0.2, 0.25) is 0 Å². The van der Waals surface area contributed by atoms with Crippen LogP contribution in [-0.2, 0) is 13.6 Å². The van der Waals surface area contributed by atoms with Crippen LogP contribution in [-0.4, -0.2) is 37.5 Å². The number of benzene rings is 1. The molecular weight excluding hydrogens is 329 g/mol. The number of nitrogens with zero attached hydrogens (tertiary/aromatic N) is 5. The molecule has 0 aliphatic heterocycles. The molecule has 8 nitrogen and oxygen atoms in total. The standard InChI is InChI=1S/C16H18FN5O3/c1-9-6-11(17)7-12(14(9)22(24)25)16(23)20(2)8-13-18-19-15(21(13)3)10-4-5-10/h6-7,10H,4-5,8H2,1-3H3. The fraction of sp³-hybridized carbons (Fsp3) is 0.438. The van der Waals surface area contributed by atoms with Crippen molar-refractivity contribution >= 4 is 11.6 Å². The van der Waals surface area contributed by atoms with Gasteiger partial charge in [-0.15, -0.1) is 10.2 Å². The van der Waals surface area contributed by atoms with Crippen LogP contribution in [0.3, 0.4) is 0 Å². The van der Waals surface area contributed by atoms with Gasteiger partial charge >= 0.3 is 0 Å². The SMILES string of the molecule is Cc1cc(F)cc(C(=O)N(C)Cc2nnc(C3CC3)n2C)c1[N+](=O)[O-]. The number of amides is 1. The molecule has 9 heteroatoms. The maximum Gasteiger partial charge on any atom is 0.285 e. The van der Waals surface area contributed by atoms with Gasteiger partial charge in [0.15, 0.2) is 5.82 Å². The van der Waals surface area contributed by atoms with E-state index in [4.69, 9.17) is 0 Å². The van der Waals surface area contributed by atoms with Crippen molar-refractivity contribution in [2.45, 2.75) is 32.2 Å². The number of hydrogen-bond donors (Lipinski definition) is 0. The van der Waals surface area contributed by atoms with Crippen molar-refractivity contribution in [2.24, 2.45) is 7.05 Å². The summed E-state index contributed by atoms with van der Waals surface area (Å²) < 4.78 is 15.5. The van der Waals surface area contributed by atoms with Crippen molar-refractivity contribution in [3.8, 4) is 0 Å². The first-order valence-electron chi connectivity index (χ1n) is 7.87. The number of carbonyl (C=O) groups is 1. The van der Waals surface area contributed by atoms with Crippen molar-refractivity contribution in [1.29, 1.82) is 0 Å². The van der Waals surface area contributed by atoms with E-state index in [2.05, 4.69) is 10.2 Å². The molecular formula is C16H18FN5O3. The molecule has 0 radical (unpaired) electrons. The molecule has 0 saturated heterocycles. The minimum absolute atomic E-state index is 0.108. The Bertz CT molecular complexity index is 860. The topological polar surface area (TPSA) is 94.2 Å². The van der Waals surface area contributed by atoms with E-state index in [1.807, 2.05) is 11.6 Å². The quantitative estimate of drug-likeness (QED) is 0.611. The molecule has 132 valence electrons. The number of nitro benzene ring substituents is 1. The van der Waals surface area contributed by atoms with Gasteiger partial charge in [0.25, 0.3) is 11.6 Å². The molecule has 1 saturated carbocycles. The number of aryl methyl sites for hydroxylation is 1. The molecule has 3 rings (SSSR count). The highest BCUT2D eigenvalue weighted by molar-refractivity contribution is 5.98. The number of aromatic nitrogens is 3. The molecule has 0 atom stereocenters. The van der Waals surface area contributed by atoms with Crippen LogP contribution in [0.15, 0.2) is 12.1 Å². The third kappa shape index (κ3) is 3.21. The van der Waals surface area contributed by atoms with Gasteiger partial charge in [-0.05, 0) is 31.9 Å². The highest BCUT2D eigenvalue weighted by Crippen LogP contribution is 2.38. The van der Waals surface area contributed by atoms with Crippen molar-refractivity contribution in [2.75, 3.05) is 7.05 Å². The van der Waals surface area contributed by atoms with Crippen LogP contribution in [0.25, 0.3) is 0 Å². The van der Waals surface area contributed by atoms with E-state index in [1.54, 1.807) is 0 Å². The largest absolute Gasteiger partial charge is 0.334 e. The van der Waals surface area contributed by atoms with Crippen LogP contribution >= 0.6 is 0 Å². The fourth-order valence-corrected chi connectivity index (χ4v) is 2.84. The predicted octanol–water partition coefficient (Wildman–Crippen LogP) is 2.32. The Hall–Kier alpha value is -2.84. The van der Waals surface area contributed by atoms with Gasteiger partial charge in [0.05, 0.1) is 11.5 Å². The number of carbonyl (C=O) groups excluding carboxylic acids is 1. The van der Waals surface area contributed by atoms with Gasteiger partial charge in [-0.2, -0.15) is 0 Å². The lowest BCUT2D eigenvalue weighted by atomic mass is 10.1. The zero-order chi connectivity index (χ0) is 18.3. The number of hydrogen-bond acceptors (Lipinski definition) is 5. The van der Waals surface area contributed by atoms with Crippen molar-refractivity contribution in [3.63, 3.8) is 0 Å². The predicted molar refractivity (Wildman–Crippen MR) is 86.6 cm³/mol. The summed E-state index contributed by atoms with van der Waals surface area (Å²) in [6, 6.07) is 1.94. The van der Waals surface area contributed by atoms with E-state index in [1.165, 1.54) is 18.9 Å². The highest BCUT2D eigenvalue weighted by Gasteiger charge is 2.30. The second-order valence-electron chi connectivity index (χ2n) is 6.34. The first kappa shape index (κ1) is 17.0. The molecule has 1 fully saturated rings. The molecule has 1 heterocycles. The van der Waals surface area contributed by atoms with E-state index in [-0.39, 0.29) is 23.4 Å². The van der Waals surface area contributed by atoms with Gasteiger partial charge in [0, 0.05) is 25.6 Å². The average Bonchev–Trinajstić information content (AvgIpc) is 3.31. The summed E-state index contributed by atoms with van der Waals surface area (Å²) in [6.45, 7) is 1.53. The van der Waals surface area contributed by atoms with E-state index in [0.717, 1.165) is 30.8 Å². The molecule has 0 unspecified atom stereocenters. The summed E-state index contributed by atoms with van der Waals surface area (Å²) in [6.07, 6.45) is 2.16. The number of halogens is 1. The zero-order valence-corrected chi connectivity index (χ0v) is 14.2. The molecule has 0 spiro atoms. The molecule has 1 amide bonds. The average molecular weight is 347 g/mol. The Morgan fingerprint density at radius 2 is 2.12 bits per heavy atom. The van der Waals surface area contributed by atoms with E-state index in [0.29, 0.717) is 11.7 Å². The Morgan fingerprint density at radius 1 is 1.44 bits per heavy atom. The number of rotatable bonds is 5. The summed E-state index contributed by atoms with van der Waals surface area (Å²) in [4.78, 5) is 24.5. The van der Waals surface area contributed by atoms with Crippen LogP contribution in [0.5, 0.6) is 0 Å². The molecule has 1 aromatic heterocycles. The Kier molecular flexibility index (Phi) is 4.23. The fourth-order valence-electron chi connectivity index (χ4n) is 2.84. The van der Waals surface area contributed by atoms with Crippen LogP contribution in [0.2, 0.25) is 0 Å². The third-order valence-electron chi connectivity index (χ3n) is 4.34. The Balaban J connectivity index is 1.87. The smallest absolute Gasteiger partial charge is 0.285 e. The summed E-state index contributed by atoms with van der Waals surface area (Å²) in [5.74, 6) is 0.552. The van der Waals surface area contributed by atoms with Crippen molar-refractivity contribution < 1.29 is 14.1 Å². The van der Waals surface area contributed by atoms with Crippen LogP contribution in [0, 0.1) is 22.9 Å². The Labute approximate surface area is 143 Å². The summed E-state index contributed by atoms with van der Waals surface area (Å²) >= 11 is 0. The van der Waals surface area contributed by atoms with E-state index < -0.39 is 16.6 Å². The minimum atomic E-state index is -0.686. The molecule has 1 aromatic carbocycles. The third-order valence-corrected chi connectivity index (χ3v) is 4.34. The normalized spacial score (nSPS) is 13.8. The summed E-state index contributed by atoms with van der Waals surface area (Å²) in [5.41, 5.74) is -0.541. The maximum atomic E-state index is 13.7. The molecule has 1 aliphatic carbocycles. The lowest BCUT2D eigenvalue weighted by Crippen LogP contribution is -2.28. The van der Waals surface area contributed by atoms with E-state index >= 15 is 0 Å². The van der Waals surface area contributed by atoms with Gasteiger partial charge < -0.3 is 9.47 Å². The summed E-state index contributed by atoms with van der Waals surface area (Å²) in [7, 11) is 3.33. The zero-order valence-electron chi connectivity index (χ0n) is 14.2. The van der Waals surface area contributed by atoms with Crippen LogP contribution < -0.4 is 0 Å². The molecule has 25 heavy (non-hydrogen) atoms. The summed E-state index contributed by atoms with van der Waals surface area (Å²) in [5, 5.41) is 19.5. The first-order valence-corrected chi connectivity index (χ1v) is 7.87. The van der Waals surface area contributed by atoms with E-state index in [9.17, 15) is 19.3 Å². The lowest BCUT2D eigenvalue weighted by Gasteiger charge is -2.17. The van der Waals surface area contributed by atoms with Gasteiger partial charge in [0.1, 0.15) is 17.2 Å². The van der Waals surface area contributed by atoms with Gasteiger partial charge in [-0.3, -0.25) is 14.9 Å². The van der Waals surface area contributed by atoms with Gasteiger partial charge in [-0.1, -0.05) is 0 Å². The molecule has 0 bridgehead atoms. The lowest BCUT2D eigenvalue weighted by molar-refractivity contribution is -0.385. The minimum Gasteiger partial charge on any atom is -0.334 e. The van der Waals surface area contributed by atoms with Crippen LogP contribution in [0.4, 0.5) is 10.1 Å². The second-order valence-corrected chi connectivity index (χ2v) is 6.34. The molecule has 0 N–H and O–H groups in total.